The molecular weight excluding hydrogens is 278 g/mol. The molecule has 4 N–H and O–H groups in total. The molecule has 0 spiro atoms. The van der Waals surface area contributed by atoms with E-state index in [0.29, 0.717) is 0 Å². The number of rotatable bonds is 1. The molecule has 0 amide bonds. The third-order valence-electron chi connectivity index (χ3n) is 3.10. The summed E-state index contributed by atoms with van der Waals surface area (Å²) in [6, 6.07) is 3.00. The quantitative estimate of drug-likeness (QED) is 0.613. The van der Waals surface area contributed by atoms with Crippen molar-refractivity contribution in [3.8, 4) is 0 Å². The Bertz CT molecular complexity index is 544. The molecule has 0 aromatic heterocycles. The Morgan fingerprint density at radius 2 is 1.95 bits per heavy atom. The zero-order valence-electron chi connectivity index (χ0n) is 10.4. The molecule has 0 radical (unpaired) electrons. The first-order valence-electron chi connectivity index (χ1n) is 5.80. The maximum absolute atomic E-state index is 13.9. The van der Waals surface area contributed by atoms with Crippen LogP contribution in [0.3, 0.4) is 0 Å². The fourth-order valence-corrected chi connectivity index (χ4v) is 2.14. The number of halogens is 4. The molecule has 0 aliphatic carbocycles. The number of nitrogen functional groups attached to an aromatic ring is 1. The summed E-state index contributed by atoms with van der Waals surface area (Å²) in [7, 11) is 0. The Morgan fingerprint density at radius 1 is 1.25 bits per heavy atom. The molecule has 0 saturated carbocycles. The summed E-state index contributed by atoms with van der Waals surface area (Å²) in [5.41, 5.74) is 7.48. The molecule has 1 heterocycles. The van der Waals surface area contributed by atoms with Crippen LogP contribution in [-0.2, 0) is 10.3 Å². The average molecular weight is 291 g/mol. The van der Waals surface area contributed by atoms with Gasteiger partial charge in [0.05, 0.1) is 6.61 Å². The van der Waals surface area contributed by atoms with Crippen molar-refractivity contribution < 1.29 is 22.3 Å². The number of hydrogen-bond acceptors (Lipinski definition) is 4. The van der Waals surface area contributed by atoms with Crippen molar-refractivity contribution in [2.45, 2.75) is 18.1 Å². The van der Waals surface area contributed by atoms with Crippen LogP contribution in [0.5, 0.6) is 0 Å². The van der Waals surface area contributed by atoms with Gasteiger partial charge < -0.3 is 16.2 Å². The summed E-state index contributed by atoms with van der Waals surface area (Å²) in [6.45, 7) is -0.459. The van der Waals surface area contributed by atoms with E-state index in [1.165, 1.54) is 6.07 Å². The van der Waals surface area contributed by atoms with Crippen molar-refractivity contribution in [2.75, 3.05) is 18.9 Å². The number of anilines is 1. The third kappa shape index (κ3) is 2.43. The predicted octanol–water partition coefficient (Wildman–Crippen LogP) is 1.94. The second kappa shape index (κ2) is 4.93. The number of benzene rings is 1. The molecule has 4 nitrogen and oxygen atoms in total. The summed E-state index contributed by atoms with van der Waals surface area (Å²) >= 11 is 0. The van der Waals surface area contributed by atoms with Crippen molar-refractivity contribution >= 4 is 11.5 Å². The smallest absolute Gasteiger partial charge is 0.399 e. The molecule has 1 aromatic rings. The van der Waals surface area contributed by atoms with Gasteiger partial charge in [-0.2, -0.15) is 13.2 Å². The molecule has 110 valence electrons. The van der Waals surface area contributed by atoms with Crippen molar-refractivity contribution in [1.82, 2.24) is 0 Å². The Balaban J connectivity index is 2.69. The normalized spacial score (nSPS) is 24.1. The standard InChI is InChI=1S/C12H13F4N3O/c13-9-2-1-7(17)5-8(9)11(12(14,15)16)3-4-20-6-10(18)19-11/h1-2,5H,3-4,6,17H2,(H2,18,19). The molecule has 1 aliphatic heterocycles. The van der Waals surface area contributed by atoms with E-state index in [9.17, 15) is 17.6 Å². The molecule has 20 heavy (non-hydrogen) atoms. The van der Waals surface area contributed by atoms with E-state index in [1.54, 1.807) is 0 Å². The number of aliphatic imine (C=N–C) groups is 1. The number of ether oxygens (including phenoxy) is 1. The largest absolute Gasteiger partial charge is 0.418 e. The summed E-state index contributed by atoms with van der Waals surface area (Å²) in [5, 5.41) is 0. The zero-order chi connectivity index (χ0) is 15.0. The van der Waals surface area contributed by atoms with E-state index in [1.807, 2.05) is 0 Å². The average Bonchev–Trinajstić information content (AvgIpc) is 2.54. The Hall–Kier alpha value is -1.83. The first-order valence-corrected chi connectivity index (χ1v) is 5.80. The van der Waals surface area contributed by atoms with E-state index in [4.69, 9.17) is 16.2 Å². The maximum Gasteiger partial charge on any atom is 0.418 e. The van der Waals surface area contributed by atoms with Gasteiger partial charge in [0, 0.05) is 17.7 Å². The van der Waals surface area contributed by atoms with Gasteiger partial charge in [0.2, 0.25) is 0 Å². The van der Waals surface area contributed by atoms with Gasteiger partial charge in [-0.25, -0.2) is 9.38 Å². The Labute approximate surface area is 112 Å². The van der Waals surface area contributed by atoms with Gasteiger partial charge in [-0.05, 0) is 18.2 Å². The summed E-state index contributed by atoms with van der Waals surface area (Å²) < 4.78 is 59.4. The van der Waals surface area contributed by atoms with E-state index < -0.39 is 29.5 Å². The predicted molar refractivity (Wildman–Crippen MR) is 65.6 cm³/mol. The maximum atomic E-state index is 13.9. The molecule has 1 atom stereocenters. The topological polar surface area (TPSA) is 73.6 Å². The second-order valence-corrected chi connectivity index (χ2v) is 4.50. The lowest BCUT2D eigenvalue weighted by Crippen LogP contribution is -2.43. The SMILES string of the molecule is NC1=NC(c2cc(N)ccc2F)(C(F)(F)F)CCOC1. The van der Waals surface area contributed by atoms with Gasteiger partial charge >= 0.3 is 6.18 Å². The van der Waals surface area contributed by atoms with Crippen LogP contribution in [-0.4, -0.2) is 25.2 Å². The van der Waals surface area contributed by atoms with Crippen LogP contribution in [0.4, 0.5) is 23.2 Å². The highest BCUT2D eigenvalue weighted by atomic mass is 19.4. The monoisotopic (exact) mass is 291 g/mol. The lowest BCUT2D eigenvalue weighted by Gasteiger charge is -2.32. The first kappa shape index (κ1) is 14.6. The number of amidine groups is 1. The van der Waals surface area contributed by atoms with Crippen LogP contribution in [0.2, 0.25) is 0 Å². The lowest BCUT2D eigenvalue weighted by molar-refractivity contribution is -0.193. The van der Waals surface area contributed by atoms with Crippen LogP contribution in [0, 0.1) is 5.82 Å². The zero-order valence-corrected chi connectivity index (χ0v) is 10.4. The highest BCUT2D eigenvalue weighted by Crippen LogP contribution is 2.47. The molecule has 8 heteroatoms. The van der Waals surface area contributed by atoms with E-state index in [2.05, 4.69) is 4.99 Å². The molecular formula is C12H13F4N3O. The van der Waals surface area contributed by atoms with Crippen LogP contribution < -0.4 is 11.5 Å². The molecule has 2 rings (SSSR count). The van der Waals surface area contributed by atoms with Gasteiger partial charge in [0.25, 0.3) is 0 Å². The second-order valence-electron chi connectivity index (χ2n) is 4.50. The van der Waals surface area contributed by atoms with Gasteiger partial charge in [-0.1, -0.05) is 0 Å². The summed E-state index contributed by atoms with van der Waals surface area (Å²) in [6.07, 6.45) is -5.38. The van der Waals surface area contributed by atoms with Gasteiger partial charge in [0.15, 0.2) is 5.54 Å². The minimum Gasteiger partial charge on any atom is -0.399 e. The number of nitrogens with zero attached hydrogens (tertiary/aromatic N) is 1. The fraction of sp³-hybridized carbons (Fsp3) is 0.417. The van der Waals surface area contributed by atoms with Gasteiger partial charge in [-0.15, -0.1) is 0 Å². The van der Waals surface area contributed by atoms with E-state index >= 15 is 0 Å². The van der Waals surface area contributed by atoms with Crippen molar-refractivity contribution in [3.05, 3.63) is 29.6 Å². The molecule has 0 fully saturated rings. The molecule has 1 aliphatic rings. The van der Waals surface area contributed by atoms with E-state index in [0.717, 1.165) is 12.1 Å². The molecule has 0 bridgehead atoms. The Morgan fingerprint density at radius 3 is 2.60 bits per heavy atom. The first-order chi connectivity index (χ1) is 9.26. The summed E-state index contributed by atoms with van der Waals surface area (Å²) in [4.78, 5) is 3.50. The molecule has 1 unspecified atom stereocenters. The minimum atomic E-state index is -4.82. The molecule has 1 aromatic carbocycles. The van der Waals surface area contributed by atoms with Crippen LogP contribution in [0.15, 0.2) is 23.2 Å². The number of nitrogens with two attached hydrogens (primary N) is 2. The van der Waals surface area contributed by atoms with Crippen molar-refractivity contribution in [2.24, 2.45) is 10.7 Å². The highest BCUT2D eigenvalue weighted by Gasteiger charge is 2.58. The van der Waals surface area contributed by atoms with Gasteiger partial charge in [-0.3, -0.25) is 0 Å². The minimum absolute atomic E-state index is 0.0176. The molecule has 0 saturated heterocycles. The van der Waals surface area contributed by atoms with Crippen molar-refractivity contribution in [3.63, 3.8) is 0 Å². The van der Waals surface area contributed by atoms with E-state index in [-0.39, 0.29) is 24.7 Å². The third-order valence-corrected chi connectivity index (χ3v) is 3.10. The van der Waals surface area contributed by atoms with Gasteiger partial charge in [0.1, 0.15) is 18.3 Å². The fourth-order valence-electron chi connectivity index (χ4n) is 2.14. The lowest BCUT2D eigenvalue weighted by atomic mass is 9.86. The van der Waals surface area contributed by atoms with Crippen LogP contribution >= 0.6 is 0 Å². The summed E-state index contributed by atoms with van der Waals surface area (Å²) in [5.74, 6) is -1.36. The highest BCUT2D eigenvalue weighted by molar-refractivity contribution is 5.82. The Kier molecular flexibility index (Phi) is 3.59. The van der Waals surface area contributed by atoms with Crippen LogP contribution in [0.1, 0.15) is 12.0 Å². The van der Waals surface area contributed by atoms with Crippen LogP contribution in [0.25, 0.3) is 0 Å². The van der Waals surface area contributed by atoms with Crippen molar-refractivity contribution in [1.29, 1.82) is 0 Å². The number of hydrogen-bond donors (Lipinski definition) is 2. The number of alkyl halides is 3.